The van der Waals surface area contributed by atoms with Crippen LogP contribution in [0.1, 0.15) is 59.3 Å². The Morgan fingerprint density at radius 1 is 0.936 bits per heavy atom. The molecule has 0 saturated carbocycles. The molecule has 2 aliphatic carbocycles. The first-order valence-electron chi connectivity index (χ1n) is 16.0. The molecule has 0 saturated heterocycles. The van der Waals surface area contributed by atoms with E-state index in [0.29, 0.717) is 19.4 Å². The molecule has 0 aromatic heterocycles. The number of benzene rings is 4. The molecule has 7 nitrogen and oxygen atoms in total. The zero-order chi connectivity index (χ0) is 32.7. The molecule has 7 rings (SSSR count). The lowest BCUT2D eigenvalue weighted by Crippen LogP contribution is -2.57. The molecule has 0 fully saturated rings. The molecule has 7 heteroatoms. The number of aromatic carboxylic acids is 1. The first-order chi connectivity index (χ1) is 22.7. The monoisotopic (exact) mass is 624 g/mol. The van der Waals surface area contributed by atoms with E-state index in [2.05, 4.69) is 23.5 Å². The van der Waals surface area contributed by atoms with Gasteiger partial charge < -0.3 is 20.1 Å². The maximum absolute atomic E-state index is 14.6. The summed E-state index contributed by atoms with van der Waals surface area (Å²) in [5, 5.41) is 17.1. The van der Waals surface area contributed by atoms with E-state index in [0.717, 1.165) is 56.1 Å². The molecule has 4 aromatic rings. The summed E-state index contributed by atoms with van der Waals surface area (Å²) in [5.74, 6) is -1.59. The molecular formula is C40H36N2O5. The molecule has 2 unspecified atom stereocenters. The quantitative estimate of drug-likeness (QED) is 0.283. The zero-order valence-corrected chi connectivity index (χ0v) is 26.5. The fraction of sp³-hybridized carbons (Fsp3) is 0.225. The van der Waals surface area contributed by atoms with Gasteiger partial charge in [0.1, 0.15) is 0 Å². The van der Waals surface area contributed by atoms with Crippen molar-refractivity contribution in [2.45, 2.75) is 57.7 Å². The Bertz CT molecular complexity index is 2190. The van der Waals surface area contributed by atoms with Crippen LogP contribution in [0.3, 0.4) is 0 Å². The lowest BCUT2D eigenvalue weighted by atomic mass is 9.77. The van der Waals surface area contributed by atoms with E-state index < -0.39 is 23.6 Å². The van der Waals surface area contributed by atoms with E-state index >= 15 is 0 Å². The Balaban J connectivity index is 1.41. The van der Waals surface area contributed by atoms with Crippen molar-refractivity contribution in [1.29, 1.82) is 0 Å². The molecule has 47 heavy (non-hydrogen) atoms. The fourth-order valence-electron chi connectivity index (χ4n) is 7.44. The van der Waals surface area contributed by atoms with Crippen molar-refractivity contribution in [3.8, 4) is 0 Å². The standard InChI is InChI=1S/C40H36N2O5/c1-25(43)47-40(2,37-38(44)42(22-21-26-9-4-3-5-10-26)24-29-11-6-7-14-36(29)41-37)35-13-8-12-31-33-18-15-27-23-28(39(45)46)16-17-30(27)32(33)19-20-34(31)35/h3-7,9-11,14-17,19-23,37,41H,8,12-13,18,24H2,1-2H3,(H,45,46). The minimum atomic E-state index is -1.30. The number of carboxylic acids is 1. The second-order valence-corrected chi connectivity index (χ2v) is 12.6. The number of ether oxygens (including phenoxy) is 1. The van der Waals surface area contributed by atoms with Crippen LogP contribution in [0, 0.1) is 10.4 Å². The number of fused-ring (bicyclic) bond motifs is 5. The number of hydrogen-bond donors (Lipinski definition) is 2. The van der Waals surface area contributed by atoms with E-state index in [9.17, 15) is 19.5 Å². The summed E-state index contributed by atoms with van der Waals surface area (Å²) in [6.07, 6.45) is 8.87. The average Bonchev–Trinajstić information content (AvgIpc) is 3.22. The highest BCUT2D eigenvalue weighted by Crippen LogP contribution is 2.38. The van der Waals surface area contributed by atoms with Crippen molar-refractivity contribution < 1.29 is 24.2 Å². The number of rotatable bonds is 6. The number of carbonyl (C=O) groups is 3. The van der Waals surface area contributed by atoms with Gasteiger partial charge in [0.2, 0.25) is 0 Å². The third-order valence-corrected chi connectivity index (χ3v) is 9.66. The Hall–Kier alpha value is -5.43. The highest BCUT2D eigenvalue weighted by Gasteiger charge is 2.48. The van der Waals surface area contributed by atoms with Crippen LogP contribution in [0.15, 0.2) is 91.1 Å². The summed E-state index contributed by atoms with van der Waals surface area (Å²) < 4.78 is 6.29. The van der Waals surface area contributed by atoms with Gasteiger partial charge in [-0.15, -0.1) is 0 Å². The molecule has 2 atom stereocenters. The predicted molar refractivity (Wildman–Crippen MR) is 181 cm³/mol. The average molecular weight is 625 g/mol. The molecule has 0 spiro atoms. The van der Waals surface area contributed by atoms with Gasteiger partial charge in [-0.3, -0.25) is 9.59 Å². The molecule has 1 heterocycles. The third-order valence-electron chi connectivity index (χ3n) is 9.66. The number of nitrogens with zero attached hydrogens (tertiary/aromatic N) is 1. The lowest BCUT2D eigenvalue weighted by Gasteiger charge is -2.40. The zero-order valence-electron chi connectivity index (χ0n) is 26.5. The number of nitrogens with one attached hydrogen (secondary N) is 1. The number of anilines is 1. The normalized spacial score (nSPS) is 18.0. The lowest BCUT2D eigenvalue weighted by molar-refractivity contribution is -0.154. The number of para-hydroxylation sites is 1. The fourth-order valence-corrected chi connectivity index (χ4v) is 7.44. The molecular weight excluding hydrogens is 588 g/mol. The maximum Gasteiger partial charge on any atom is 0.335 e. The van der Waals surface area contributed by atoms with Gasteiger partial charge in [-0.2, -0.15) is 0 Å². The first kappa shape index (κ1) is 30.2. The first-order valence-corrected chi connectivity index (χ1v) is 16.0. The maximum atomic E-state index is 14.6. The van der Waals surface area contributed by atoms with Gasteiger partial charge in [0.05, 0.1) is 12.1 Å². The second-order valence-electron chi connectivity index (χ2n) is 12.6. The van der Waals surface area contributed by atoms with E-state index in [1.54, 1.807) is 17.0 Å². The van der Waals surface area contributed by atoms with Gasteiger partial charge in [0.15, 0.2) is 11.6 Å². The van der Waals surface area contributed by atoms with Crippen LogP contribution in [0.2, 0.25) is 0 Å². The van der Waals surface area contributed by atoms with Gasteiger partial charge in [-0.05, 0) is 106 Å². The Kier molecular flexibility index (Phi) is 7.76. The van der Waals surface area contributed by atoms with Crippen LogP contribution in [0.5, 0.6) is 0 Å². The van der Waals surface area contributed by atoms with Crippen molar-refractivity contribution in [2.75, 3.05) is 5.32 Å². The number of hydrogen-bond acceptors (Lipinski definition) is 5. The van der Waals surface area contributed by atoms with Gasteiger partial charge in [-0.1, -0.05) is 72.8 Å². The van der Waals surface area contributed by atoms with E-state index in [1.165, 1.54) is 18.1 Å². The molecule has 0 radical (unpaired) electrons. The minimum Gasteiger partial charge on any atom is -0.478 e. The van der Waals surface area contributed by atoms with Crippen molar-refractivity contribution in [3.63, 3.8) is 0 Å². The van der Waals surface area contributed by atoms with Gasteiger partial charge in [0.25, 0.3) is 5.91 Å². The Morgan fingerprint density at radius 3 is 2.47 bits per heavy atom. The van der Waals surface area contributed by atoms with Gasteiger partial charge >= 0.3 is 11.9 Å². The van der Waals surface area contributed by atoms with E-state index in [-0.39, 0.29) is 11.5 Å². The van der Waals surface area contributed by atoms with Gasteiger partial charge in [0, 0.05) is 18.8 Å². The Morgan fingerprint density at radius 2 is 1.68 bits per heavy atom. The summed E-state index contributed by atoms with van der Waals surface area (Å²) in [6, 6.07) is 26.3. The highest BCUT2D eigenvalue weighted by molar-refractivity contribution is 5.92. The summed E-state index contributed by atoms with van der Waals surface area (Å²) in [6.45, 7) is 3.64. The summed E-state index contributed by atoms with van der Waals surface area (Å²) in [5.41, 5.74) is 5.04. The van der Waals surface area contributed by atoms with Gasteiger partial charge in [-0.25, -0.2) is 4.79 Å². The second kappa shape index (κ2) is 12.1. The predicted octanol–water partition coefficient (Wildman–Crippen LogP) is 5.31. The summed E-state index contributed by atoms with van der Waals surface area (Å²) in [7, 11) is 0. The highest BCUT2D eigenvalue weighted by atomic mass is 16.6. The van der Waals surface area contributed by atoms with E-state index in [4.69, 9.17) is 4.74 Å². The van der Waals surface area contributed by atoms with Crippen molar-refractivity contribution in [2.24, 2.45) is 0 Å². The number of carboxylic acid groups (broad SMARTS) is 1. The van der Waals surface area contributed by atoms with Crippen molar-refractivity contribution in [1.82, 2.24) is 4.90 Å². The number of esters is 1. The molecule has 0 bridgehead atoms. The van der Waals surface area contributed by atoms with Crippen LogP contribution >= 0.6 is 0 Å². The van der Waals surface area contributed by atoms with Crippen LogP contribution in [-0.4, -0.2) is 39.5 Å². The molecule has 2 N–H and O–H groups in total. The molecule has 1 amide bonds. The third kappa shape index (κ3) is 5.52. The molecule has 1 aliphatic heterocycles. The minimum absolute atomic E-state index is 0.189. The summed E-state index contributed by atoms with van der Waals surface area (Å²) in [4.78, 5) is 40.8. The van der Waals surface area contributed by atoms with Crippen molar-refractivity contribution >= 4 is 41.3 Å². The van der Waals surface area contributed by atoms with Crippen LogP contribution in [0.25, 0.3) is 17.7 Å². The van der Waals surface area contributed by atoms with Crippen LogP contribution < -0.4 is 15.8 Å². The molecule has 236 valence electrons. The van der Waals surface area contributed by atoms with Crippen molar-refractivity contribution in [3.05, 3.63) is 140 Å². The number of amides is 1. The largest absolute Gasteiger partial charge is 0.478 e. The smallest absolute Gasteiger partial charge is 0.335 e. The number of carbonyl (C=O) groups excluding carboxylic acids is 2. The Labute approximate surface area is 272 Å². The summed E-state index contributed by atoms with van der Waals surface area (Å²) >= 11 is 0. The van der Waals surface area contributed by atoms with E-state index in [1.807, 2.05) is 79.9 Å². The topological polar surface area (TPSA) is 95.9 Å². The molecule has 3 aliphatic rings. The van der Waals surface area contributed by atoms with Crippen LogP contribution in [-0.2, 0) is 33.7 Å². The van der Waals surface area contributed by atoms with Crippen LogP contribution in [0.4, 0.5) is 5.69 Å². The SMILES string of the molecule is CC(=O)OC(C)(C1=c2ccc3c(c2CCC1)CC=c1cc(C(=O)O)ccc1=3)C1Nc2ccccc2CN(C=Cc2ccccc2)C1=O. The molecule has 4 aromatic carbocycles.